The maximum Gasteiger partial charge on any atom is 0.145 e. The van der Waals surface area contributed by atoms with Gasteiger partial charge in [-0.25, -0.2) is 4.39 Å². The average Bonchev–Trinajstić information content (AvgIpc) is 3.03. The first-order valence-electron chi connectivity index (χ1n) is 9.91. The highest BCUT2D eigenvalue weighted by molar-refractivity contribution is 5.63. The van der Waals surface area contributed by atoms with Gasteiger partial charge in [0.05, 0.1) is 18.4 Å². The average molecular weight is 368 g/mol. The molecule has 2 heterocycles. The molecule has 2 aromatic carbocycles. The molecule has 0 bridgehead atoms. The van der Waals surface area contributed by atoms with Gasteiger partial charge in [-0.1, -0.05) is 18.2 Å². The lowest BCUT2D eigenvalue weighted by Gasteiger charge is -2.40. The molecule has 1 N–H and O–H groups in total. The van der Waals surface area contributed by atoms with Gasteiger partial charge in [0.25, 0.3) is 0 Å². The van der Waals surface area contributed by atoms with E-state index in [1.165, 1.54) is 17.3 Å². The second kappa shape index (κ2) is 6.80. The van der Waals surface area contributed by atoms with Crippen molar-refractivity contribution in [2.45, 2.75) is 31.4 Å². The number of aliphatic hydroxyl groups excluding tert-OH is 1. The number of rotatable bonds is 2. The number of benzene rings is 2. The summed E-state index contributed by atoms with van der Waals surface area (Å²) in [6.07, 6.45) is 2.37. The molecule has 2 aromatic rings. The lowest BCUT2D eigenvalue weighted by molar-refractivity contribution is 0.0571. The highest BCUT2D eigenvalue weighted by Gasteiger charge is 2.37. The van der Waals surface area contributed by atoms with Crippen molar-refractivity contribution in [3.8, 4) is 5.75 Å². The number of piperazine rings is 1. The standard InChI is InChI=1S/C22H25FN2O2/c23-17-6-7-18-16(13-17)14-20(21(18)26)25-10-8-24(9-11-25)19-5-1-3-15-4-2-12-27-22(15)19/h1,3,5-7,13,20-21,26H,2,4,8-12,14H2/t20-,21+/m0/s1. The Balaban J connectivity index is 1.29. The summed E-state index contributed by atoms with van der Waals surface area (Å²) in [6.45, 7) is 4.40. The Morgan fingerprint density at radius 2 is 1.89 bits per heavy atom. The zero-order valence-corrected chi connectivity index (χ0v) is 15.4. The highest BCUT2D eigenvalue weighted by atomic mass is 19.1. The maximum atomic E-state index is 13.5. The summed E-state index contributed by atoms with van der Waals surface area (Å²) in [4.78, 5) is 4.75. The molecule has 0 radical (unpaired) electrons. The van der Waals surface area contributed by atoms with Gasteiger partial charge in [-0.2, -0.15) is 0 Å². The first kappa shape index (κ1) is 17.0. The third kappa shape index (κ3) is 2.99. The molecular weight excluding hydrogens is 343 g/mol. The summed E-state index contributed by atoms with van der Waals surface area (Å²) in [5.74, 6) is 0.834. The summed E-state index contributed by atoms with van der Waals surface area (Å²) in [5, 5.41) is 10.7. The molecule has 0 amide bonds. The molecule has 1 aliphatic carbocycles. The molecule has 1 fully saturated rings. The van der Waals surface area contributed by atoms with Crippen molar-refractivity contribution in [3.05, 3.63) is 58.9 Å². The molecule has 3 aliphatic rings. The molecule has 27 heavy (non-hydrogen) atoms. The topological polar surface area (TPSA) is 35.9 Å². The lowest BCUT2D eigenvalue weighted by atomic mass is 10.0. The monoisotopic (exact) mass is 368 g/mol. The quantitative estimate of drug-likeness (QED) is 0.884. The molecular formula is C22H25FN2O2. The van der Waals surface area contributed by atoms with Gasteiger partial charge in [0.2, 0.25) is 0 Å². The Hall–Kier alpha value is -2.11. The van der Waals surface area contributed by atoms with Gasteiger partial charge in [0, 0.05) is 32.2 Å². The fourth-order valence-electron chi connectivity index (χ4n) is 4.83. The first-order valence-corrected chi connectivity index (χ1v) is 9.91. The smallest absolute Gasteiger partial charge is 0.145 e. The molecule has 5 heteroatoms. The maximum absolute atomic E-state index is 13.5. The molecule has 1 saturated heterocycles. The van der Waals surface area contributed by atoms with Gasteiger partial charge in [0.1, 0.15) is 11.6 Å². The van der Waals surface area contributed by atoms with Crippen LogP contribution in [0.2, 0.25) is 0 Å². The van der Waals surface area contributed by atoms with Crippen LogP contribution in [0.4, 0.5) is 10.1 Å². The van der Waals surface area contributed by atoms with Crippen molar-refractivity contribution >= 4 is 5.69 Å². The first-order chi connectivity index (χ1) is 13.2. The predicted molar refractivity (Wildman–Crippen MR) is 103 cm³/mol. The van der Waals surface area contributed by atoms with E-state index in [0.717, 1.165) is 68.9 Å². The van der Waals surface area contributed by atoms with Crippen LogP contribution >= 0.6 is 0 Å². The molecule has 5 rings (SSSR count). The van der Waals surface area contributed by atoms with Gasteiger partial charge in [-0.3, -0.25) is 4.90 Å². The molecule has 142 valence electrons. The predicted octanol–water partition coefficient (Wildman–Crippen LogP) is 2.93. The van der Waals surface area contributed by atoms with E-state index in [2.05, 4.69) is 28.0 Å². The molecule has 2 aliphatic heterocycles. The summed E-state index contributed by atoms with van der Waals surface area (Å²) in [6, 6.07) is 11.2. The van der Waals surface area contributed by atoms with Crippen LogP contribution in [-0.4, -0.2) is 48.8 Å². The van der Waals surface area contributed by atoms with E-state index >= 15 is 0 Å². The SMILES string of the molecule is O[C@@H]1c2ccc(F)cc2C[C@@H]1N1CCN(c2cccc3c2OCCC3)CC1. The Kier molecular flexibility index (Phi) is 4.29. The molecule has 4 nitrogen and oxygen atoms in total. The van der Waals surface area contributed by atoms with Crippen LogP contribution in [0.15, 0.2) is 36.4 Å². The third-order valence-electron chi connectivity index (χ3n) is 6.25. The second-order valence-corrected chi connectivity index (χ2v) is 7.80. The lowest BCUT2D eigenvalue weighted by Crippen LogP contribution is -2.51. The van der Waals surface area contributed by atoms with E-state index in [0.29, 0.717) is 0 Å². The number of aryl methyl sites for hydroxylation is 1. The van der Waals surface area contributed by atoms with Crippen molar-refractivity contribution in [2.24, 2.45) is 0 Å². The Labute approximate surface area is 159 Å². The van der Waals surface area contributed by atoms with Crippen molar-refractivity contribution in [2.75, 3.05) is 37.7 Å². The number of hydrogen-bond donors (Lipinski definition) is 1. The van der Waals surface area contributed by atoms with Crippen LogP contribution in [0.5, 0.6) is 5.75 Å². The number of ether oxygens (including phenoxy) is 1. The van der Waals surface area contributed by atoms with E-state index < -0.39 is 6.10 Å². The Morgan fingerprint density at radius 3 is 2.74 bits per heavy atom. The van der Waals surface area contributed by atoms with Gasteiger partial charge >= 0.3 is 0 Å². The van der Waals surface area contributed by atoms with Crippen LogP contribution in [0.1, 0.15) is 29.2 Å². The summed E-state index contributed by atoms with van der Waals surface area (Å²) in [5.41, 5.74) is 4.34. The number of aliphatic hydroxyl groups is 1. The minimum Gasteiger partial charge on any atom is -0.491 e. The normalized spacial score (nSPS) is 25.0. The number of fused-ring (bicyclic) bond motifs is 2. The largest absolute Gasteiger partial charge is 0.491 e. The number of halogens is 1. The van der Waals surface area contributed by atoms with E-state index in [-0.39, 0.29) is 11.9 Å². The van der Waals surface area contributed by atoms with E-state index in [1.807, 2.05) is 0 Å². The van der Waals surface area contributed by atoms with Gasteiger partial charge < -0.3 is 14.7 Å². The van der Waals surface area contributed by atoms with Crippen molar-refractivity contribution in [3.63, 3.8) is 0 Å². The van der Waals surface area contributed by atoms with Crippen molar-refractivity contribution in [1.29, 1.82) is 0 Å². The zero-order valence-electron chi connectivity index (χ0n) is 15.4. The minimum atomic E-state index is -0.528. The zero-order chi connectivity index (χ0) is 18.4. The van der Waals surface area contributed by atoms with Crippen molar-refractivity contribution in [1.82, 2.24) is 4.90 Å². The molecule has 0 aromatic heterocycles. The second-order valence-electron chi connectivity index (χ2n) is 7.80. The molecule has 0 unspecified atom stereocenters. The van der Waals surface area contributed by atoms with E-state index in [4.69, 9.17) is 4.74 Å². The Morgan fingerprint density at radius 1 is 1.04 bits per heavy atom. The minimum absolute atomic E-state index is 0.0462. The number of para-hydroxylation sites is 1. The van der Waals surface area contributed by atoms with Crippen LogP contribution in [0.3, 0.4) is 0 Å². The van der Waals surface area contributed by atoms with Gasteiger partial charge in [0.15, 0.2) is 0 Å². The van der Waals surface area contributed by atoms with Crippen LogP contribution < -0.4 is 9.64 Å². The van der Waals surface area contributed by atoms with E-state index in [9.17, 15) is 9.50 Å². The summed E-state index contributed by atoms with van der Waals surface area (Å²) in [7, 11) is 0. The van der Waals surface area contributed by atoms with Crippen molar-refractivity contribution < 1.29 is 14.2 Å². The molecule has 0 spiro atoms. The van der Waals surface area contributed by atoms with Crippen LogP contribution in [-0.2, 0) is 12.8 Å². The number of anilines is 1. The summed E-state index contributed by atoms with van der Waals surface area (Å²) < 4.78 is 19.5. The highest BCUT2D eigenvalue weighted by Crippen LogP contribution is 2.38. The van der Waals surface area contributed by atoms with E-state index in [1.54, 1.807) is 12.1 Å². The van der Waals surface area contributed by atoms with Gasteiger partial charge in [-0.05, 0) is 54.2 Å². The molecule has 2 atom stereocenters. The number of nitrogens with zero attached hydrogens (tertiary/aromatic N) is 2. The summed E-state index contributed by atoms with van der Waals surface area (Å²) >= 11 is 0. The number of hydrogen-bond acceptors (Lipinski definition) is 4. The third-order valence-corrected chi connectivity index (χ3v) is 6.25. The molecule has 0 saturated carbocycles. The van der Waals surface area contributed by atoms with Crippen LogP contribution in [0, 0.1) is 5.82 Å². The Bertz CT molecular complexity index is 848. The van der Waals surface area contributed by atoms with Gasteiger partial charge in [-0.15, -0.1) is 0 Å². The van der Waals surface area contributed by atoms with Crippen LogP contribution in [0.25, 0.3) is 0 Å². The fraction of sp³-hybridized carbons (Fsp3) is 0.455. The fourth-order valence-corrected chi connectivity index (χ4v) is 4.83.